The Bertz CT molecular complexity index is 1040. The molecule has 29 heavy (non-hydrogen) atoms. The number of carbonyl (C=O) groups excluding carboxylic acids is 2. The highest BCUT2D eigenvalue weighted by molar-refractivity contribution is 9.10. The summed E-state index contributed by atoms with van der Waals surface area (Å²) in [5.74, 6) is 0.597. The minimum absolute atomic E-state index is 0.275. The van der Waals surface area contributed by atoms with E-state index in [4.69, 9.17) is 9.47 Å². The van der Waals surface area contributed by atoms with Gasteiger partial charge in [0.2, 0.25) is 0 Å². The fourth-order valence-electron chi connectivity index (χ4n) is 2.65. The Morgan fingerprint density at radius 2 is 1.55 bits per heavy atom. The lowest BCUT2D eigenvalue weighted by molar-refractivity contribution is 0.101. The summed E-state index contributed by atoms with van der Waals surface area (Å²) in [5, 5.41) is 5.62. The molecule has 0 saturated carbocycles. The summed E-state index contributed by atoms with van der Waals surface area (Å²) in [6.45, 7) is 0. The van der Waals surface area contributed by atoms with Crippen molar-refractivity contribution in [2.24, 2.45) is 0 Å². The van der Waals surface area contributed by atoms with E-state index >= 15 is 0 Å². The first-order valence-corrected chi connectivity index (χ1v) is 9.50. The quantitative estimate of drug-likeness (QED) is 0.550. The van der Waals surface area contributed by atoms with Crippen LogP contribution >= 0.6 is 15.9 Å². The second-order valence-corrected chi connectivity index (χ2v) is 6.89. The van der Waals surface area contributed by atoms with Crippen molar-refractivity contribution in [1.29, 1.82) is 0 Å². The number of hydrogen-bond donors (Lipinski definition) is 2. The summed E-state index contributed by atoms with van der Waals surface area (Å²) in [4.78, 5) is 25.0. The van der Waals surface area contributed by atoms with Gasteiger partial charge in [-0.25, -0.2) is 0 Å². The number of rotatable bonds is 6. The van der Waals surface area contributed by atoms with Crippen LogP contribution in [0.4, 0.5) is 11.4 Å². The Balaban J connectivity index is 1.70. The summed E-state index contributed by atoms with van der Waals surface area (Å²) in [7, 11) is 3.09. The molecule has 3 aromatic carbocycles. The van der Waals surface area contributed by atoms with Gasteiger partial charge in [-0.1, -0.05) is 12.1 Å². The SMILES string of the molecule is COc1ccc(Br)c(C(=O)Nc2ccc(C(=O)Nc3ccccc3OC)cc2)c1. The molecule has 3 aromatic rings. The fourth-order valence-corrected chi connectivity index (χ4v) is 3.08. The van der Waals surface area contributed by atoms with Gasteiger partial charge in [0.1, 0.15) is 11.5 Å². The minimum atomic E-state index is -0.290. The largest absolute Gasteiger partial charge is 0.497 e. The van der Waals surface area contributed by atoms with E-state index < -0.39 is 0 Å². The van der Waals surface area contributed by atoms with Crippen LogP contribution in [0.15, 0.2) is 71.2 Å². The van der Waals surface area contributed by atoms with E-state index in [1.165, 1.54) is 0 Å². The Labute approximate surface area is 177 Å². The molecular weight excluding hydrogens is 436 g/mol. The van der Waals surface area contributed by atoms with Crippen molar-refractivity contribution in [1.82, 2.24) is 0 Å². The van der Waals surface area contributed by atoms with Crippen LogP contribution in [-0.4, -0.2) is 26.0 Å². The lowest BCUT2D eigenvalue weighted by atomic mass is 10.1. The van der Waals surface area contributed by atoms with Crippen molar-refractivity contribution in [3.8, 4) is 11.5 Å². The van der Waals surface area contributed by atoms with Gasteiger partial charge < -0.3 is 20.1 Å². The second-order valence-electron chi connectivity index (χ2n) is 6.03. The number of methoxy groups -OCH3 is 2. The summed E-state index contributed by atoms with van der Waals surface area (Å²) in [5.41, 5.74) is 2.05. The first-order chi connectivity index (χ1) is 14.0. The maximum absolute atomic E-state index is 12.5. The van der Waals surface area contributed by atoms with Gasteiger partial charge in [0.25, 0.3) is 11.8 Å². The van der Waals surface area contributed by atoms with Gasteiger partial charge in [-0.15, -0.1) is 0 Å². The third kappa shape index (κ3) is 4.94. The van der Waals surface area contributed by atoms with Crippen LogP contribution in [0.5, 0.6) is 11.5 Å². The zero-order chi connectivity index (χ0) is 20.8. The van der Waals surface area contributed by atoms with Crippen molar-refractivity contribution in [3.05, 3.63) is 82.3 Å². The molecule has 148 valence electrons. The molecule has 0 radical (unpaired) electrons. The molecule has 7 heteroatoms. The Kier molecular flexibility index (Phi) is 6.51. The second kappa shape index (κ2) is 9.25. The molecule has 6 nitrogen and oxygen atoms in total. The highest BCUT2D eigenvalue weighted by Crippen LogP contribution is 2.25. The predicted molar refractivity (Wildman–Crippen MR) is 116 cm³/mol. The summed E-state index contributed by atoms with van der Waals surface area (Å²) in [6.07, 6.45) is 0. The summed E-state index contributed by atoms with van der Waals surface area (Å²) < 4.78 is 11.1. The number of carbonyl (C=O) groups is 2. The Morgan fingerprint density at radius 1 is 0.828 bits per heavy atom. The van der Waals surface area contributed by atoms with Gasteiger partial charge in [-0.3, -0.25) is 9.59 Å². The number of nitrogens with one attached hydrogen (secondary N) is 2. The van der Waals surface area contributed by atoms with Crippen LogP contribution in [0, 0.1) is 0 Å². The van der Waals surface area contributed by atoms with Gasteiger partial charge in [-0.2, -0.15) is 0 Å². The molecule has 0 bridgehead atoms. The Morgan fingerprint density at radius 3 is 2.24 bits per heavy atom. The summed E-state index contributed by atoms with van der Waals surface area (Å²) in [6, 6.07) is 18.9. The summed E-state index contributed by atoms with van der Waals surface area (Å²) >= 11 is 3.37. The standard InChI is InChI=1S/C22H19BrN2O4/c1-28-16-11-12-18(23)17(13-16)22(27)24-15-9-7-14(8-10-15)21(26)25-19-5-3-4-6-20(19)29-2/h3-13H,1-2H3,(H,24,27)(H,25,26). The van der Waals surface area contributed by atoms with Gasteiger partial charge in [-0.05, 0) is 70.5 Å². The number of para-hydroxylation sites is 2. The molecular formula is C22H19BrN2O4. The average molecular weight is 455 g/mol. The van der Waals surface area contributed by atoms with Gasteiger partial charge in [0.15, 0.2) is 0 Å². The number of anilines is 2. The highest BCUT2D eigenvalue weighted by atomic mass is 79.9. The number of benzene rings is 3. The van der Waals surface area contributed by atoms with E-state index in [2.05, 4.69) is 26.6 Å². The van der Waals surface area contributed by atoms with Crippen LogP contribution < -0.4 is 20.1 Å². The van der Waals surface area contributed by atoms with Crippen LogP contribution in [0.3, 0.4) is 0 Å². The van der Waals surface area contributed by atoms with Crippen LogP contribution in [0.2, 0.25) is 0 Å². The maximum atomic E-state index is 12.5. The van der Waals surface area contributed by atoms with Crippen molar-refractivity contribution in [2.75, 3.05) is 24.9 Å². The van der Waals surface area contributed by atoms with Gasteiger partial charge in [0.05, 0.1) is 25.5 Å². The first kappa shape index (κ1) is 20.4. The van der Waals surface area contributed by atoms with Crippen LogP contribution in [-0.2, 0) is 0 Å². The molecule has 2 N–H and O–H groups in total. The molecule has 0 aliphatic heterocycles. The molecule has 0 aliphatic rings. The molecule has 0 aliphatic carbocycles. The van der Waals surface area contributed by atoms with E-state index in [9.17, 15) is 9.59 Å². The van der Waals surface area contributed by atoms with Crippen LogP contribution in [0.1, 0.15) is 20.7 Å². The zero-order valence-electron chi connectivity index (χ0n) is 15.9. The van der Waals surface area contributed by atoms with E-state index in [-0.39, 0.29) is 11.8 Å². The minimum Gasteiger partial charge on any atom is -0.497 e. The number of halogens is 1. The highest BCUT2D eigenvalue weighted by Gasteiger charge is 2.13. The van der Waals surface area contributed by atoms with Gasteiger partial charge >= 0.3 is 0 Å². The van der Waals surface area contributed by atoms with Crippen molar-refractivity contribution >= 4 is 39.1 Å². The number of hydrogen-bond acceptors (Lipinski definition) is 4. The van der Waals surface area contributed by atoms with Crippen molar-refractivity contribution < 1.29 is 19.1 Å². The van der Waals surface area contributed by atoms with Crippen LogP contribution in [0.25, 0.3) is 0 Å². The lowest BCUT2D eigenvalue weighted by Gasteiger charge is -2.11. The van der Waals surface area contributed by atoms with E-state index in [1.54, 1.807) is 68.8 Å². The predicted octanol–water partition coefficient (Wildman–Crippen LogP) is 4.97. The number of amides is 2. The lowest BCUT2D eigenvalue weighted by Crippen LogP contribution is -2.14. The maximum Gasteiger partial charge on any atom is 0.256 e. The van der Waals surface area contributed by atoms with E-state index in [1.807, 2.05) is 12.1 Å². The molecule has 3 rings (SSSR count). The van der Waals surface area contributed by atoms with Gasteiger partial charge in [0, 0.05) is 15.7 Å². The van der Waals surface area contributed by atoms with E-state index in [0.717, 1.165) is 0 Å². The molecule has 2 amide bonds. The molecule has 0 aromatic heterocycles. The molecule has 0 atom stereocenters. The third-order valence-electron chi connectivity index (χ3n) is 4.18. The normalized spacial score (nSPS) is 10.2. The molecule has 0 unspecified atom stereocenters. The molecule has 0 spiro atoms. The first-order valence-electron chi connectivity index (χ1n) is 8.71. The average Bonchev–Trinajstić information content (AvgIpc) is 2.75. The Hall–Kier alpha value is -3.32. The van der Waals surface area contributed by atoms with Crippen molar-refractivity contribution in [2.45, 2.75) is 0 Å². The van der Waals surface area contributed by atoms with Crippen molar-refractivity contribution in [3.63, 3.8) is 0 Å². The molecule has 0 fully saturated rings. The smallest absolute Gasteiger partial charge is 0.256 e. The zero-order valence-corrected chi connectivity index (χ0v) is 17.4. The third-order valence-corrected chi connectivity index (χ3v) is 4.87. The monoisotopic (exact) mass is 454 g/mol. The van der Waals surface area contributed by atoms with E-state index in [0.29, 0.717) is 38.5 Å². The fraction of sp³-hybridized carbons (Fsp3) is 0.0909. The molecule has 0 saturated heterocycles. The molecule has 0 heterocycles. The topological polar surface area (TPSA) is 76.7 Å². The number of ether oxygens (including phenoxy) is 2.